The molecule has 0 saturated heterocycles. The van der Waals surface area contributed by atoms with Crippen molar-refractivity contribution < 1.29 is 29.0 Å². The van der Waals surface area contributed by atoms with E-state index in [1.165, 1.54) is 25.5 Å². The fourth-order valence-electron chi connectivity index (χ4n) is 2.21. The summed E-state index contributed by atoms with van der Waals surface area (Å²) in [5, 5.41) is 17.2. The molecule has 0 heterocycles. The number of carboxylic acids is 1. The van der Waals surface area contributed by atoms with Crippen LogP contribution in [0.4, 0.5) is 5.69 Å². The number of methoxy groups -OCH3 is 1. The van der Waals surface area contributed by atoms with Gasteiger partial charge in [0.05, 0.1) is 31.6 Å². The van der Waals surface area contributed by atoms with Crippen LogP contribution in [0.5, 0.6) is 11.5 Å². The van der Waals surface area contributed by atoms with Crippen LogP contribution >= 0.6 is 0 Å². The van der Waals surface area contributed by atoms with Crippen molar-refractivity contribution in [3.05, 3.63) is 53.6 Å². The van der Waals surface area contributed by atoms with E-state index in [-0.39, 0.29) is 11.3 Å². The minimum atomic E-state index is -1.40. The Bertz CT molecular complexity index is 910. The molecule has 9 heteroatoms. The first-order valence-electron chi connectivity index (χ1n) is 8.21. The number of anilines is 1. The molecule has 0 atom stereocenters. The predicted octanol–water partition coefficient (Wildman–Crippen LogP) is 0.546. The molecule has 0 saturated carbocycles. The molecule has 0 aliphatic heterocycles. The van der Waals surface area contributed by atoms with Gasteiger partial charge < -0.3 is 24.7 Å². The molecule has 0 aliphatic carbocycles. The zero-order valence-corrected chi connectivity index (χ0v) is 15.2. The van der Waals surface area contributed by atoms with E-state index in [4.69, 9.17) is 9.47 Å². The summed E-state index contributed by atoms with van der Waals surface area (Å²) in [6, 6.07) is 10.9. The molecule has 9 nitrogen and oxygen atoms in total. The molecule has 0 fully saturated rings. The number of para-hydroxylation sites is 2. The van der Waals surface area contributed by atoms with Gasteiger partial charge in [0.1, 0.15) is 11.5 Å². The first-order valence-corrected chi connectivity index (χ1v) is 8.21. The van der Waals surface area contributed by atoms with Crippen LogP contribution in [0.1, 0.15) is 22.8 Å². The first kappa shape index (κ1) is 20.4. The Labute approximate surface area is 161 Å². The summed E-state index contributed by atoms with van der Waals surface area (Å²) in [4.78, 5) is 35.0. The maximum atomic E-state index is 11.9. The molecular formula is C19H18N3O6-. The number of nitrogens with one attached hydrogen (secondary N) is 2. The molecular weight excluding hydrogens is 366 g/mol. The lowest BCUT2D eigenvalue weighted by atomic mass is 10.1. The third-order valence-electron chi connectivity index (χ3n) is 3.46. The molecule has 0 aliphatic rings. The Morgan fingerprint density at radius 3 is 2.54 bits per heavy atom. The van der Waals surface area contributed by atoms with Gasteiger partial charge >= 0.3 is 11.8 Å². The molecule has 2 rings (SSSR count). The lowest BCUT2D eigenvalue weighted by molar-refractivity contribution is -0.255. The molecule has 0 bridgehead atoms. The van der Waals surface area contributed by atoms with Crippen molar-refractivity contribution in [2.45, 2.75) is 6.92 Å². The minimum absolute atomic E-state index is 0.147. The Morgan fingerprint density at radius 1 is 1.11 bits per heavy atom. The maximum absolute atomic E-state index is 11.9. The van der Waals surface area contributed by atoms with Gasteiger partial charge in [-0.3, -0.25) is 9.59 Å². The van der Waals surface area contributed by atoms with E-state index in [0.717, 1.165) is 0 Å². The van der Waals surface area contributed by atoms with Gasteiger partial charge in [0.25, 0.3) is 0 Å². The Balaban J connectivity index is 2.01. The van der Waals surface area contributed by atoms with Crippen molar-refractivity contribution in [1.29, 1.82) is 0 Å². The van der Waals surface area contributed by atoms with Gasteiger partial charge in [0.2, 0.25) is 0 Å². The van der Waals surface area contributed by atoms with Crippen LogP contribution in [0.15, 0.2) is 47.6 Å². The second kappa shape index (κ2) is 9.72. The molecule has 2 aromatic carbocycles. The molecule has 28 heavy (non-hydrogen) atoms. The molecule has 0 aromatic heterocycles. The zero-order chi connectivity index (χ0) is 20.5. The van der Waals surface area contributed by atoms with Crippen molar-refractivity contribution in [2.75, 3.05) is 19.0 Å². The number of carbonyl (C=O) groups is 3. The van der Waals surface area contributed by atoms with Crippen LogP contribution in [-0.2, 0) is 9.59 Å². The van der Waals surface area contributed by atoms with Crippen molar-refractivity contribution in [2.24, 2.45) is 5.10 Å². The first-order chi connectivity index (χ1) is 13.5. The zero-order valence-electron chi connectivity index (χ0n) is 15.2. The molecule has 2 amide bonds. The van der Waals surface area contributed by atoms with E-state index in [1.807, 2.05) is 0 Å². The molecule has 0 radical (unpaired) electrons. The average Bonchev–Trinajstić information content (AvgIpc) is 2.69. The van der Waals surface area contributed by atoms with E-state index < -0.39 is 17.8 Å². The van der Waals surface area contributed by atoms with E-state index in [1.54, 1.807) is 37.3 Å². The Hall–Kier alpha value is -3.88. The topological polar surface area (TPSA) is 129 Å². The third-order valence-corrected chi connectivity index (χ3v) is 3.46. The van der Waals surface area contributed by atoms with Crippen molar-refractivity contribution in [3.8, 4) is 11.5 Å². The Morgan fingerprint density at radius 2 is 1.86 bits per heavy atom. The van der Waals surface area contributed by atoms with E-state index in [2.05, 4.69) is 15.8 Å². The van der Waals surface area contributed by atoms with Gasteiger partial charge in [0.15, 0.2) is 0 Å². The SMILES string of the molecule is CCOc1ccc(/C=N\NC(=O)C(=O)Nc2ccccc2OC)cc1C(=O)[O-]. The average molecular weight is 384 g/mol. The summed E-state index contributed by atoms with van der Waals surface area (Å²) in [7, 11) is 1.44. The van der Waals surface area contributed by atoms with Gasteiger partial charge in [-0.25, -0.2) is 5.43 Å². The van der Waals surface area contributed by atoms with Crippen LogP contribution in [0.2, 0.25) is 0 Å². The lowest BCUT2D eigenvalue weighted by Gasteiger charge is -2.11. The molecule has 0 spiro atoms. The highest BCUT2D eigenvalue weighted by molar-refractivity contribution is 6.39. The fraction of sp³-hybridized carbons (Fsp3) is 0.158. The van der Waals surface area contributed by atoms with Gasteiger partial charge in [0, 0.05) is 5.56 Å². The molecule has 2 N–H and O–H groups in total. The van der Waals surface area contributed by atoms with Crippen molar-refractivity contribution >= 4 is 29.7 Å². The molecule has 2 aromatic rings. The summed E-state index contributed by atoms with van der Waals surface area (Å²) >= 11 is 0. The second-order valence-electron chi connectivity index (χ2n) is 5.33. The lowest BCUT2D eigenvalue weighted by Crippen LogP contribution is -2.32. The fourth-order valence-corrected chi connectivity index (χ4v) is 2.21. The number of hydrogen-bond acceptors (Lipinski definition) is 7. The number of rotatable bonds is 7. The Kier molecular flexibility index (Phi) is 7.09. The van der Waals surface area contributed by atoms with Crippen LogP contribution < -0.4 is 25.3 Å². The van der Waals surface area contributed by atoms with E-state index >= 15 is 0 Å². The molecule has 146 valence electrons. The highest BCUT2D eigenvalue weighted by atomic mass is 16.5. The van der Waals surface area contributed by atoms with Crippen molar-refractivity contribution in [3.63, 3.8) is 0 Å². The smallest absolute Gasteiger partial charge is 0.329 e. The number of aromatic carboxylic acids is 1. The normalized spacial score (nSPS) is 10.4. The minimum Gasteiger partial charge on any atom is -0.545 e. The summed E-state index contributed by atoms with van der Waals surface area (Å²) in [5.41, 5.74) is 2.61. The maximum Gasteiger partial charge on any atom is 0.329 e. The van der Waals surface area contributed by atoms with Crippen LogP contribution in [0, 0.1) is 0 Å². The summed E-state index contributed by atoms with van der Waals surface area (Å²) in [5.74, 6) is -2.79. The number of nitrogens with zero attached hydrogens (tertiary/aromatic N) is 1. The van der Waals surface area contributed by atoms with Crippen molar-refractivity contribution in [1.82, 2.24) is 5.43 Å². The monoisotopic (exact) mass is 384 g/mol. The number of ether oxygens (including phenoxy) is 2. The number of carboxylic acid groups (broad SMARTS) is 1. The van der Waals surface area contributed by atoms with Gasteiger partial charge in [-0.1, -0.05) is 12.1 Å². The standard InChI is InChI=1S/C19H19N3O6/c1-3-28-15-9-8-12(10-13(15)19(25)26)11-20-22-18(24)17(23)21-14-6-4-5-7-16(14)27-2/h4-11H,3H2,1-2H3,(H,21,23)(H,22,24)(H,25,26)/p-1/b20-11-. The largest absolute Gasteiger partial charge is 0.545 e. The summed E-state index contributed by atoms with van der Waals surface area (Å²) < 4.78 is 10.3. The van der Waals surface area contributed by atoms with Gasteiger partial charge in [-0.05, 0) is 42.8 Å². The number of hydrogen-bond donors (Lipinski definition) is 2. The summed E-state index contributed by atoms with van der Waals surface area (Å²) in [6.07, 6.45) is 1.19. The van der Waals surface area contributed by atoms with Gasteiger partial charge in [-0.15, -0.1) is 0 Å². The quantitative estimate of drug-likeness (QED) is 0.407. The van der Waals surface area contributed by atoms with Gasteiger partial charge in [-0.2, -0.15) is 5.10 Å². The second-order valence-corrected chi connectivity index (χ2v) is 5.33. The molecule has 0 unspecified atom stereocenters. The highest BCUT2D eigenvalue weighted by Crippen LogP contribution is 2.22. The number of amides is 2. The number of hydrazone groups is 1. The van der Waals surface area contributed by atoms with Crippen LogP contribution in [0.25, 0.3) is 0 Å². The number of carbonyl (C=O) groups excluding carboxylic acids is 3. The van der Waals surface area contributed by atoms with Crippen LogP contribution in [-0.4, -0.2) is 37.7 Å². The predicted molar refractivity (Wildman–Crippen MR) is 99.3 cm³/mol. The van der Waals surface area contributed by atoms with Crippen LogP contribution in [0.3, 0.4) is 0 Å². The van der Waals surface area contributed by atoms with E-state index in [9.17, 15) is 19.5 Å². The highest BCUT2D eigenvalue weighted by Gasteiger charge is 2.15. The third kappa shape index (κ3) is 5.31. The van der Waals surface area contributed by atoms with E-state index in [0.29, 0.717) is 23.6 Å². The number of benzene rings is 2. The summed E-state index contributed by atoms with van der Waals surface area (Å²) in [6.45, 7) is 2.02.